The Labute approximate surface area is 224 Å². The number of rotatable bonds is 10. The Kier molecular flexibility index (Phi) is 9.23. The monoisotopic (exact) mass is 544 g/mol. The van der Waals surface area contributed by atoms with Crippen LogP contribution >= 0.6 is 0 Å². The number of alkyl halides is 3. The number of ether oxygens (including phenoxy) is 2. The zero-order chi connectivity index (χ0) is 27.8. The number of hydrogen-bond donors (Lipinski definition) is 1. The van der Waals surface area contributed by atoms with Crippen LogP contribution in [0.5, 0.6) is 5.75 Å². The van der Waals surface area contributed by atoms with Crippen molar-refractivity contribution in [2.24, 2.45) is 0 Å². The zero-order valence-electron chi connectivity index (χ0n) is 21.6. The van der Waals surface area contributed by atoms with Crippen LogP contribution in [0.1, 0.15) is 42.2 Å². The van der Waals surface area contributed by atoms with Crippen molar-refractivity contribution in [3.8, 4) is 11.4 Å². The molecule has 0 saturated carbocycles. The second kappa shape index (κ2) is 12.8. The highest BCUT2D eigenvalue weighted by Crippen LogP contribution is 2.31. The van der Waals surface area contributed by atoms with Gasteiger partial charge >= 0.3 is 6.18 Å². The van der Waals surface area contributed by atoms with Crippen molar-refractivity contribution in [1.82, 2.24) is 20.0 Å². The van der Waals surface area contributed by atoms with E-state index in [0.29, 0.717) is 31.8 Å². The lowest BCUT2D eigenvalue weighted by atomic mass is 10.0. The van der Waals surface area contributed by atoms with E-state index in [1.807, 2.05) is 37.3 Å². The molecule has 0 spiro atoms. The van der Waals surface area contributed by atoms with Crippen LogP contribution in [0.2, 0.25) is 0 Å². The first kappa shape index (κ1) is 28.2. The predicted octanol–water partition coefficient (Wildman–Crippen LogP) is 4.49. The Hall–Kier alpha value is -3.86. The van der Waals surface area contributed by atoms with E-state index in [4.69, 9.17) is 9.47 Å². The second-order valence-electron chi connectivity index (χ2n) is 9.12. The molecule has 2 aromatic carbocycles. The van der Waals surface area contributed by atoms with Gasteiger partial charge in [-0.1, -0.05) is 36.4 Å². The van der Waals surface area contributed by atoms with E-state index in [1.165, 1.54) is 0 Å². The number of carbonyl (C=O) groups excluding carboxylic acids is 2. The molecule has 2 amide bonds. The fourth-order valence-electron chi connectivity index (χ4n) is 4.46. The van der Waals surface area contributed by atoms with Crippen molar-refractivity contribution in [3.63, 3.8) is 0 Å². The minimum Gasteiger partial charge on any atom is -0.488 e. The Morgan fingerprint density at radius 2 is 1.74 bits per heavy atom. The summed E-state index contributed by atoms with van der Waals surface area (Å²) in [6, 6.07) is 17.7. The number of hydrogen-bond acceptors (Lipinski definition) is 5. The molecule has 208 valence electrons. The smallest absolute Gasteiger partial charge is 0.435 e. The van der Waals surface area contributed by atoms with Crippen molar-refractivity contribution >= 4 is 11.8 Å². The van der Waals surface area contributed by atoms with Gasteiger partial charge in [-0.15, -0.1) is 0 Å². The summed E-state index contributed by atoms with van der Waals surface area (Å²) in [6.07, 6.45) is -3.18. The maximum Gasteiger partial charge on any atom is 0.435 e. The summed E-state index contributed by atoms with van der Waals surface area (Å²) < 4.78 is 53.6. The minimum absolute atomic E-state index is 0.0425. The number of likely N-dealkylation sites (tertiary alicyclic amines) is 1. The number of aromatic nitrogens is 2. The normalized spacial score (nSPS) is 17.6. The van der Waals surface area contributed by atoms with Crippen LogP contribution in [0.15, 0.2) is 66.9 Å². The fourth-order valence-corrected chi connectivity index (χ4v) is 4.46. The third-order valence-corrected chi connectivity index (χ3v) is 6.36. The summed E-state index contributed by atoms with van der Waals surface area (Å²) in [7, 11) is 0. The maximum absolute atomic E-state index is 13.5. The summed E-state index contributed by atoms with van der Waals surface area (Å²) >= 11 is 0. The molecule has 1 fully saturated rings. The van der Waals surface area contributed by atoms with E-state index in [0.717, 1.165) is 16.6 Å². The van der Waals surface area contributed by atoms with Crippen molar-refractivity contribution in [2.45, 2.75) is 44.6 Å². The Morgan fingerprint density at radius 1 is 1.05 bits per heavy atom. The number of nitrogens with zero attached hydrogens (tertiary/aromatic N) is 3. The standard InChI is InChI=1S/C28H31F3N4O4/c1-2-38-24-19-34(17-15-23(24)39-21-12-7-4-8-13-21)25(36)14-9-16-32-27(37)22-18-35(20-10-5-3-6-11-20)33-26(22)28(29,30)31/h3-8,10-13,18,23-24H,2,9,14-17,19H2,1H3,(H,32,37). The van der Waals surface area contributed by atoms with Gasteiger partial charge in [-0.05, 0) is 37.6 Å². The highest BCUT2D eigenvalue weighted by Gasteiger charge is 2.39. The maximum atomic E-state index is 13.5. The van der Waals surface area contributed by atoms with E-state index in [9.17, 15) is 22.8 Å². The minimum atomic E-state index is -4.80. The summed E-state index contributed by atoms with van der Waals surface area (Å²) in [5.74, 6) is -0.266. The summed E-state index contributed by atoms with van der Waals surface area (Å²) in [4.78, 5) is 27.1. The number of para-hydroxylation sites is 2. The number of carbonyl (C=O) groups is 2. The van der Waals surface area contributed by atoms with Crippen molar-refractivity contribution in [1.29, 1.82) is 0 Å². The van der Waals surface area contributed by atoms with Crippen LogP contribution < -0.4 is 10.1 Å². The van der Waals surface area contributed by atoms with E-state index < -0.39 is 23.3 Å². The van der Waals surface area contributed by atoms with Crippen LogP contribution in [0.4, 0.5) is 13.2 Å². The molecule has 3 aromatic rings. The molecule has 1 saturated heterocycles. The number of nitrogens with one attached hydrogen (secondary N) is 1. The highest BCUT2D eigenvalue weighted by atomic mass is 19.4. The first-order valence-electron chi connectivity index (χ1n) is 12.9. The van der Waals surface area contributed by atoms with Gasteiger partial charge in [-0.25, -0.2) is 4.68 Å². The molecule has 8 nitrogen and oxygen atoms in total. The van der Waals surface area contributed by atoms with Crippen LogP contribution in [0, 0.1) is 0 Å². The Morgan fingerprint density at radius 3 is 2.41 bits per heavy atom. The molecule has 2 heterocycles. The van der Waals surface area contributed by atoms with Gasteiger partial charge in [0.05, 0.1) is 17.8 Å². The zero-order valence-corrected chi connectivity index (χ0v) is 21.6. The van der Waals surface area contributed by atoms with Crippen LogP contribution in [0.25, 0.3) is 5.69 Å². The number of benzene rings is 2. The molecule has 11 heteroatoms. The molecule has 0 radical (unpaired) electrons. The van der Waals surface area contributed by atoms with Gasteiger partial charge in [-0.2, -0.15) is 18.3 Å². The molecule has 1 N–H and O–H groups in total. The van der Waals surface area contributed by atoms with Gasteiger partial charge < -0.3 is 19.7 Å². The first-order valence-corrected chi connectivity index (χ1v) is 12.9. The summed E-state index contributed by atoms with van der Waals surface area (Å²) in [5.41, 5.74) is -1.43. The third kappa shape index (κ3) is 7.38. The molecule has 0 aliphatic carbocycles. The molecule has 1 aliphatic heterocycles. The number of halogens is 3. The Balaban J connectivity index is 1.29. The van der Waals surface area contributed by atoms with Crippen molar-refractivity contribution in [3.05, 3.63) is 78.1 Å². The molecule has 2 atom stereocenters. The molecule has 4 rings (SSSR count). The first-order chi connectivity index (χ1) is 18.8. The van der Waals surface area contributed by atoms with Crippen molar-refractivity contribution in [2.75, 3.05) is 26.2 Å². The van der Waals surface area contributed by atoms with Gasteiger partial charge in [0.2, 0.25) is 5.91 Å². The average Bonchev–Trinajstić information content (AvgIpc) is 3.40. The quantitative estimate of drug-likeness (QED) is 0.381. The summed E-state index contributed by atoms with van der Waals surface area (Å²) in [5, 5.41) is 6.08. The van der Waals surface area contributed by atoms with Gasteiger partial charge in [0, 0.05) is 38.7 Å². The van der Waals surface area contributed by atoms with Gasteiger partial charge in [-0.3, -0.25) is 9.59 Å². The Bertz CT molecular complexity index is 1230. The van der Waals surface area contributed by atoms with E-state index in [-0.39, 0.29) is 37.5 Å². The van der Waals surface area contributed by atoms with E-state index >= 15 is 0 Å². The highest BCUT2D eigenvalue weighted by molar-refractivity contribution is 5.95. The molecule has 1 aromatic heterocycles. The molecule has 39 heavy (non-hydrogen) atoms. The van der Waals surface area contributed by atoms with Gasteiger partial charge in [0.1, 0.15) is 18.0 Å². The largest absolute Gasteiger partial charge is 0.488 e. The lowest BCUT2D eigenvalue weighted by Gasteiger charge is -2.38. The van der Waals surface area contributed by atoms with Crippen LogP contribution in [-0.4, -0.2) is 64.9 Å². The number of piperidine rings is 1. The molecule has 2 unspecified atom stereocenters. The van der Waals surface area contributed by atoms with Crippen molar-refractivity contribution < 1.29 is 32.2 Å². The van der Waals surface area contributed by atoms with E-state index in [2.05, 4.69) is 10.4 Å². The fraction of sp³-hybridized carbons (Fsp3) is 0.393. The SMILES string of the molecule is CCOC1CN(C(=O)CCCNC(=O)c2cn(-c3ccccc3)nc2C(F)(F)F)CCC1Oc1ccccc1. The van der Waals surface area contributed by atoms with Gasteiger partial charge in [0.25, 0.3) is 5.91 Å². The lowest BCUT2D eigenvalue weighted by molar-refractivity contribution is -0.141. The van der Waals surface area contributed by atoms with E-state index in [1.54, 1.807) is 35.2 Å². The second-order valence-corrected chi connectivity index (χ2v) is 9.12. The topological polar surface area (TPSA) is 85.7 Å². The van der Waals surface area contributed by atoms with Crippen LogP contribution in [0.3, 0.4) is 0 Å². The molecule has 0 bridgehead atoms. The lowest BCUT2D eigenvalue weighted by Crippen LogP contribution is -2.52. The average molecular weight is 545 g/mol. The molecule has 1 aliphatic rings. The van der Waals surface area contributed by atoms with Crippen LogP contribution in [-0.2, 0) is 15.7 Å². The predicted molar refractivity (Wildman–Crippen MR) is 138 cm³/mol. The summed E-state index contributed by atoms with van der Waals surface area (Å²) in [6.45, 7) is 3.29. The molecular formula is C28H31F3N4O4. The number of amides is 2. The molecular weight excluding hydrogens is 513 g/mol. The third-order valence-electron chi connectivity index (χ3n) is 6.36. The van der Waals surface area contributed by atoms with Gasteiger partial charge in [0.15, 0.2) is 5.69 Å².